The molecular weight excluding hydrogens is 540 g/mol. The van der Waals surface area contributed by atoms with Crippen LogP contribution in [0.25, 0.3) is 0 Å². The molecule has 200 valence electrons. The highest BCUT2D eigenvalue weighted by Crippen LogP contribution is 2.27. The van der Waals surface area contributed by atoms with Gasteiger partial charge in [0, 0.05) is 43.0 Å². The first kappa shape index (κ1) is 27.3. The summed E-state index contributed by atoms with van der Waals surface area (Å²) in [6.45, 7) is 1.87. The molecule has 2 N–H and O–H groups in total. The van der Waals surface area contributed by atoms with E-state index < -0.39 is 39.8 Å². The highest BCUT2D eigenvalue weighted by molar-refractivity contribution is 7.91. The van der Waals surface area contributed by atoms with Crippen molar-refractivity contribution in [2.24, 2.45) is 0 Å². The van der Waals surface area contributed by atoms with Gasteiger partial charge >= 0.3 is 16.2 Å². The van der Waals surface area contributed by atoms with Gasteiger partial charge in [0.15, 0.2) is 0 Å². The number of likely N-dealkylation sites (N-methyl/N-ethyl adjacent to an activating group) is 1. The number of amides is 3. The van der Waals surface area contributed by atoms with E-state index in [0.29, 0.717) is 28.8 Å². The van der Waals surface area contributed by atoms with E-state index in [-0.39, 0.29) is 24.3 Å². The molecule has 13 heteroatoms. The summed E-state index contributed by atoms with van der Waals surface area (Å²) < 4.78 is 56.4. The number of carbonyl (C=O) groups excluding carboxylic acids is 2. The Labute approximate surface area is 223 Å². The van der Waals surface area contributed by atoms with E-state index in [1.54, 1.807) is 37.3 Å². The Balaban J connectivity index is 1.57. The molecule has 38 heavy (non-hydrogen) atoms. The van der Waals surface area contributed by atoms with Gasteiger partial charge in [0.1, 0.15) is 23.5 Å². The van der Waals surface area contributed by atoms with E-state index >= 15 is 0 Å². The topological polar surface area (TPSA) is 112 Å². The van der Waals surface area contributed by atoms with E-state index in [1.165, 1.54) is 18.1 Å². The Kier molecular flexibility index (Phi) is 7.83. The van der Waals surface area contributed by atoms with Gasteiger partial charge in [-0.3, -0.25) is 4.79 Å². The summed E-state index contributed by atoms with van der Waals surface area (Å²) in [4.78, 5) is 31.5. The Morgan fingerprint density at radius 2 is 1.87 bits per heavy atom. The first-order chi connectivity index (χ1) is 17.9. The minimum Gasteiger partial charge on any atom is -0.325 e. The number of rotatable bonds is 7. The number of aromatic nitrogens is 1. The van der Waals surface area contributed by atoms with Crippen LogP contribution in [0.2, 0.25) is 5.02 Å². The third kappa shape index (κ3) is 6.03. The van der Waals surface area contributed by atoms with Gasteiger partial charge in [-0.05, 0) is 60.4 Å². The lowest BCUT2D eigenvalue weighted by atomic mass is 10.0. The Bertz CT molecular complexity index is 1480. The molecular formula is C25H24ClF2N5O4S. The molecule has 0 fully saturated rings. The lowest BCUT2D eigenvalue weighted by Gasteiger charge is -2.26. The molecule has 1 aliphatic heterocycles. The van der Waals surface area contributed by atoms with Crippen molar-refractivity contribution in [3.05, 3.63) is 88.1 Å². The van der Waals surface area contributed by atoms with Crippen molar-refractivity contribution in [2.75, 3.05) is 22.8 Å². The average Bonchev–Trinajstić information content (AvgIpc) is 3.29. The predicted octanol–water partition coefficient (Wildman–Crippen LogP) is 3.50. The van der Waals surface area contributed by atoms with Crippen LogP contribution in [-0.2, 0) is 27.8 Å². The molecule has 0 bridgehead atoms. The second-order valence-electron chi connectivity index (χ2n) is 8.75. The summed E-state index contributed by atoms with van der Waals surface area (Å²) in [5.74, 6) is -2.20. The van der Waals surface area contributed by atoms with E-state index in [2.05, 4.69) is 10.3 Å². The zero-order chi connectivity index (χ0) is 27.6. The second-order valence-corrected chi connectivity index (χ2v) is 10.8. The number of hydrogen-bond donors (Lipinski definition) is 2. The SMILES string of the molecule is Cc1ccc(N(C)C(=O)[C@H](Cc2cc(F)cc(F)c2)NC(=O)NS(=O)(=O)N2CCc3cccnc32)cc1Cl. The fourth-order valence-corrected chi connectivity index (χ4v) is 5.39. The quantitative estimate of drug-likeness (QED) is 0.457. The van der Waals surface area contributed by atoms with Crippen LogP contribution >= 0.6 is 11.6 Å². The number of benzene rings is 2. The fraction of sp³-hybridized carbons (Fsp3) is 0.240. The fourth-order valence-electron chi connectivity index (χ4n) is 4.09. The number of carbonyl (C=O) groups is 2. The number of pyridine rings is 1. The number of hydrogen-bond acceptors (Lipinski definition) is 5. The highest BCUT2D eigenvalue weighted by Gasteiger charge is 2.33. The lowest BCUT2D eigenvalue weighted by molar-refractivity contribution is -0.120. The van der Waals surface area contributed by atoms with Crippen molar-refractivity contribution < 1.29 is 26.8 Å². The maximum atomic E-state index is 13.8. The number of fused-ring (bicyclic) bond motifs is 1. The van der Waals surface area contributed by atoms with E-state index in [9.17, 15) is 26.8 Å². The third-order valence-corrected chi connectivity index (χ3v) is 7.83. The van der Waals surface area contributed by atoms with Crippen molar-refractivity contribution in [3.8, 4) is 0 Å². The van der Waals surface area contributed by atoms with Crippen molar-refractivity contribution in [1.29, 1.82) is 0 Å². The number of halogens is 3. The maximum Gasteiger partial charge on any atom is 0.330 e. The summed E-state index contributed by atoms with van der Waals surface area (Å²) in [7, 11) is -2.93. The number of urea groups is 1. The highest BCUT2D eigenvalue weighted by atomic mass is 35.5. The minimum atomic E-state index is -4.37. The zero-order valence-corrected chi connectivity index (χ0v) is 22.0. The van der Waals surface area contributed by atoms with Crippen molar-refractivity contribution in [2.45, 2.75) is 25.8 Å². The molecule has 2 heterocycles. The molecule has 4 rings (SSSR count). The third-order valence-electron chi connectivity index (χ3n) is 6.04. The lowest BCUT2D eigenvalue weighted by Crippen LogP contribution is -2.54. The molecule has 3 aromatic rings. The molecule has 1 aromatic heterocycles. The summed E-state index contributed by atoms with van der Waals surface area (Å²) in [5, 5.41) is 2.74. The van der Waals surface area contributed by atoms with Gasteiger partial charge in [0.25, 0.3) is 0 Å². The number of aryl methyl sites for hydroxylation is 1. The molecule has 1 aliphatic rings. The minimum absolute atomic E-state index is 0.0802. The van der Waals surface area contributed by atoms with Gasteiger partial charge in [-0.2, -0.15) is 8.42 Å². The summed E-state index contributed by atoms with van der Waals surface area (Å²) in [6, 6.07) is 8.44. The molecule has 9 nitrogen and oxygen atoms in total. The molecule has 2 aromatic carbocycles. The Hall–Kier alpha value is -3.77. The first-order valence-corrected chi connectivity index (χ1v) is 13.3. The predicted molar refractivity (Wildman–Crippen MR) is 139 cm³/mol. The van der Waals surface area contributed by atoms with Gasteiger partial charge in [0.2, 0.25) is 5.91 Å². The van der Waals surface area contributed by atoms with Crippen LogP contribution in [0.5, 0.6) is 0 Å². The Morgan fingerprint density at radius 1 is 1.16 bits per heavy atom. The molecule has 0 spiro atoms. The van der Waals surface area contributed by atoms with Crippen LogP contribution in [0.1, 0.15) is 16.7 Å². The summed E-state index contributed by atoms with van der Waals surface area (Å²) in [5.41, 5.74) is 1.97. The van der Waals surface area contributed by atoms with E-state index in [1.807, 2.05) is 4.72 Å². The van der Waals surface area contributed by atoms with E-state index in [4.69, 9.17) is 11.6 Å². The molecule has 0 saturated carbocycles. The van der Waals surface area contributed by atoms with Crippen molar-refractivity contribution >= 4 is 45.3 Å². The van der Waals surface area contributed by atoms with Gasteiger partial charge in [-0.25, -0.2) is 27.6 Å². The number of nitrogens with one attached hydrogen (secondary N) is 2. The second kappa shape index (κ2) is 10.9. The van der Waals surface area contributed by atoms with Crippen molar-refractivity contribution in [3.63, 3.8) is 0 Å². The molecule has 1 atom stereocenters. The monoisotopic (exact) mass is 563 g/mol. The van der Waals surface area contributed by atoms with Crippen molar-refractivity contribution in [1.82, 2.24) is 15.0 Å². The zero-order valence-electron chi connectivity index (χ0n) is 20.4. The van der Waals surface area contributed by atoms with Crippen LogP contribution in [0.4, 0.5) is 25.1 Å². The van der Waals surface area contributed by atoms with Gasteiger partial charge in [0.05, 0.1) is 0 Å². The van der Waals surface area contributed by atoms with Gasteiger partial charge < -0.3 is 10.2 Å². The van der Waals surface area contributed by atoms with Crippen LogP contribution in [0, 0.1) is 18.6 Å². The number of nitrogens with zero attached hydrogens (tertiary/aromatic N) is 3. The van der Waals surface area contributed by atoms with Crippen LogP contribution in [0.3, 0.4) is 0 Å². The molecule has 0 unspecified atom stereocenters. The van der Waals surface area contributed by atoms with Crippen LogP contribution < -0.4 is 19.2 Å². The van der Waals surface area contributed by atoms with Gasteiger partial charge in [-0.1, -0.05) is 23.7 Å². The van der Waals surface area contributed by atoms with E-state index in [0.717, 1.165) is 22.0 Å². The Morgan fingerprint density at radius 3 is 2.55 bits per heavy atom. The molecule has 3 amide bonds. The van der Waals surface area contributed by atoms with Crippen LogP contribution in [0.15, 0.2) is 54.7 Å². The molecule has 0 radical (unpaired) electrons. The average molecular weight is 564 g/mol. The normalized spacial score (nSPS) is 13.6. The molecule has 0 aliphatic carbocycles. The summed E-state index contributed by atoms with van der Waals surface area (Å²) >= 11 is 6.18. The number of anilines is 2. The smallest absolute Gasteiger partial charge is 0.325 e. The largest absolute Gasteiger partial charge is 0.330 e. The standard InChI is InChI=1S/C25H24ClF2N5O4S/c1-15-5-6-20(14-21(15)26)32(2)24(34)22(12-16-10-18(27)13-19(28)11-16)30-25(35)31-38(36,37)33-9-7-17-4-3-8-29-23(17)33/h3-6,8,10-11,13-14,22H,7,9,12H2,1-2H3,(H2,30,31,35)/t22-/m0/s1. The maximum absolute atomic E-state index is 13.8. The first-order valence-electron chi connectivity index (χ1n) is 11.5. The van der Waals surface area contributed by atoms with Crippen LogP contribution in [-0.4, -0.2) is 45.0 Å². The summed E-state index contributed by atoms with van der Waals surface area (Å²) in [6.07, 6.45) is 1.54. The van der Waals surface area contributed by atoms with Gasteiger partial charge in [-0.15, -0.1) is 0 Å². The molecule has 0 saturated heterocycles.